The molecule has 0 aliphatic carbocycles. The van der Waals surface area contributed by atoms with Crippen LogP contribution in [0.15, 0.2) is 30.6 Å². The Morgan fingerprint density at radius 3 is 2.82 bits per heavy atom. The molecule has 0 radical (unpaired) electrons. The van der Waals surface area contributed by atoms with Gasteiger partial charge in [0.25, 0.3) is 5.91 Å². The zero-order valence-corrected chi connectivity index (χ0v) is 12.5. The summed E-state index contributed by atoms with van der Waals surface area (Å²) >= 11 is 0. The Hall–Kier alpha value is -2.57. The van der Waals surface area contributed by atoms with Crippen molar-refractivity contribution in [3.05, 3.63) is 36.3 Å². The minimum atomic E-state index is 0.0358. The Bertz CT molecular complexity index is 621. The summed E-state index contributed by atoms with van der Waals surface area (Å²) in [5, 5.41) is 0. The average Bonchev–Trinajstić information content (AvgIpc) is 3.09. The first-order chi connectivity index (χ1) is 10.8. The van der Waals surface area contributed by atoms with E-state index in [0.717, 1.165) is 0 Å². The summed E-state index contributed by atoms with van der Waals surface area (Å²) in [7, 11) is 0. The van der Waals surface area contributed by atoms with Gasteiger partial charge in [0.05, 0.1) is 6.61 Å². The van der Waals surface area contributed by atoms with E-state index in [9.17, 15) is 4.79 Å². The largest absolute Gasteiger partial charge is 0.478 e. The summed E-state index contributed by atoms with van der Waals surface area (Å²) in [6, 6.07) is 5.37. The van der Waals surface area contributed by atoms with Gasteiger partial charge in [-0.05, 0) is 19.1 Å². The first-order valence-corrected chi connectivity index (χ1v) is 7.41. The summed E-state index contributed by atoms with van der Waals surface area (Å²) in [5.41, 5.74) is 0.628. The summed E-state index contributed by atoms with van der Waals surface area (Å²) in [6.07, 6.45) is 3.46. The number of hydrogen-bond acceptors (Lipinski definition) is 5. The minimum absolute atomic E-state index is 0.0358. The van der Waals surface area contributed by atoms with E-state index in [0.29, 0.717) is 50.3 Å². The van der Waals surface area contributed by atoms with Crippen LogP contribution in [0.1, 0.15) is 17.4 Å². The molecular formula is C15H19N5O2. The second-order valence-corrected chi connectivity index (χ2v) is 4.99. The molecule has 3 heterocycles. The van der Waals surface area contributed by atoms with Crippen LogP contribution in [0, 0.1) is 0 Å². The topological polar surface area (TPSA) is 74.3 Å². The zero-order chi connectivity index (χ0) is 15.4. The number of hydrogen-bond donors (Lipinski definition) is 1. The van der Waals surface area contributed by atoms with Gasteiger partial charge in [0.15, 0.2) is 0 Å². The maximum Gasteiger partial charge on any atom is 0.270 e. The molecule has 0 atom stereocenters. The summed E-state index contributed by atoms with van der Waals surface area (Å²) < 4.78 is 5.40. The summed E-state index contributed by atoms with van der Waals surface area (Å²) in [4.78, 5) is 27.8. The highest BCUT2D eigenvalue weighted by Crippen LogP contribution is 2.15. The second kappa shape index (κ2) is 6.46. The number of carbonyl (C=O) groups excluding carboxylic acids is 1. The van der Waals surface area contributed by atoms with E-state index in [1.165, 1.54) is 0 Å². The Kier molecular flexibility index (Phi) is 4.22. The lowest BCUT2D eigenvalue weighted by atomic mass is 10.3. The third kappa shape index (κ3) is 3.03. The molecule has 0 unspecified atom stereocenters. The number of anilines is 1. The molecule has 1 saturated heterocycles. The van der Waals surface area contributed by atoms with Crippen LogP contribution in [0.5, 0.6) is 5.88 Å². The van der Waals surface area contributed by atoms with Gasteiger partial charge in [0.1, 0.15) is 5.69 Å². The molecule has 1 aliphatic heterocycles. The molecule has 22 heavy (non-hydrogen) atoms. The molecule has 7 nitrogen and oxygen atoms in total. The fraction of sp³-hybridized carbons (Fsp3) is 0.400. The number of piperazine rings is 1. The van der Waals surface area contributed by atoms with Crippen molar-refractivity contribution < 1.29 is 9.53 Å². The monoisotopic (exact) mass is 301 g/mol. The Balaban J connectivity index is 1.62. The van der Waals surface area contributed by atoms with Gasteiger partial charge in [-0.15, -0.1) is 0 Å². The standard InChI is InChI=1S/C15H19N5O2/c1-2-22-13-5-7-17-15(18-13)20-10-8-19(9-11-20)14(21)12-4-3-6-16-12/h3-7,16H,2,8-11H2,1H3. The van der Waals surface area contributed by atoms with Crippen molar-refractivity contribution in [3.8, 4) is 5.88 Å². The third-order valence-corrected chi connectivity index (χ3v) is 3.59. The van der Waals surface area contributed by atoms with Crippen LogP contribution in [0.25, 0.3) is 0 Å². The number of nitrogens with zero attached hydrogens (tertiary/aromatic N) is 4. The summed E-state index contributed by atoms with van der Waals surface area (Å²) in [5.74, 6) is 1.27. The normalized spacial score (nSPS) is 15.0. The highest BCUT2D eigenvalue weighted by molar-refractivity contribution is 5.92. The molecule has 1 amide bonds. The average molecular weight is 301 g/mol. The van der Waals surface area contributed by atoms with Crippen LogP contribution in [0.2, 0.25) is 0 Å². The number of rotatable bonds is 4. The van der Waals surface area contributed by atoms with Crippen LogP contribution in [0.3, 0.4) is 0 Å². The van der Waals surface area contributed by atoms with Gasteiger partial charge in [0, 0.05) is 44.6 Å². The van der Waals surface area contributed by atoms with Crippen molar-refractivity contribution in [1.82, 2.24) is 19.9 Å². The SMILES string of the molecule is CCOc1ccnc(N2CCN(C(=O)c3ccc[nH]3)CC2)n1. The van der Waals surface area contributed by atoms with Crippen LogP contribution in [-0.4, -0.2) is 58.5 Å². The lowest BCUT2D eigenvalue weighted by molar-refractivity contribution is 0.0741. The highest BCUT2D eigenvalue weighted by atomic mass is 16.5. The minimum Gasteiger partial charge on any atom is -0.478 e. The predicted octanol–water partition coefficient (Wildman–Crippen LogP) is 1.17. The van der Waals surface area contributed by atoms with Crippen molar-refractivity contribution in [3.63, 3.8) is 0 Å². The fourth-order valence-electron chi connectivity index (χ4n) is 2.46. The van der Waals surface area contributed by atoms with E-state index < -0.39 is 0 Å². The number of ether oxygens (including phenoxy) is 1. The summed E-state index contributed by atoms with van der Waals surface area (Å²) in [6.45, 7) is 5.23. The second-order valence-electron chi connectivity index (χ2n) is 4.99. The molecule has 1 aliphatic rings. The van der Waals surface area contributed by atoms with Gasteiger partial charge < -0.3 is 19.5 Å². The van der Waals surface area contributed by atoms with Gasteiger partial charge in [-0.1, -0.05) is 0 Å². The number of H-pyrrole nitrogens is 1. The molecule has 1 fully saturated rings. The maximum atomic E-state index is 12.3. The first kappa shape index (κ1) is 14.4. The number of carbonyl (C=O) groups is 1. The number of aromatic nitrogens is 3. The van der Waals surface area contributed by atoms with Crippen molar-refractivity contribution in [2.75, 3.05) is 37.7 Å². The van der Waals surface area contributed by atoms with Crippen molar-refractivity contribution in [2.45, 2.75) is 6.92 Å². The van der Waals surface area contributed by atoms with Gasteiger partial charge in [-0.3, -0.25) is 4.79 Å². The van der Waals surface area contributed by atoms with E-state index in [4.69, 9.17) is 4.74 Å². The molecule has 116 valence electrons. The van der Waals surface area contributed by atoms with E-state index >= 15 is 0 Å². The lowest BCUT2D eigenvalue weighted by Gasteiger charge is -2.34. The van der Waals surface area contributed by atoms with Gasteiger partial charge in [-0.25, -0.2) is 4.98 Å². The first-order valence-electron chi connectivity index (χ1n) is 7.41. The molecule has 7 heteroatoms. The molecule has 0 spiro atoms. The molecule has 2 aromatic rings. The molecule has 3 rings (SSSR count). The number of nitrogens with one attached hydrogen (secondary N) is 1. The van der Waals surface area contributed by atoms with Crippen LogP contribution in [-0.2, 0) is 0 Å². The molecule has 0 bridgehead atoms. The fourth-order valence-corrected chi connectivity index (χ4v) is 2.46. The number of amides is 1. The third-order valence-electron chi connectivity index (χ3n) is 3.59. The molecule has 2 aromatic heterocycles. The smallest absolute Gasteiger partial charge is 0.270 e. The van der Waals surface area contributed by atoms with Gasteiger partial charge in [-0.2, -0.15) is 4.98 Å². The molecule has 0 aromatic carbocycles. The Labute approximate surface area is 128 Å². The molecular weight excluding hydrogens is 282 g/mol. The van der Waals surface area contributed by atoms with E-state index in [1.54, 1.807) is 24.5 Å². The van der Waals surface area contributed by atoms with Crippen molar-refractivity contribution >= 4 is 11.9 Å². The Morgan fingerprint density at radius 1 is 1.32 bits per heavy atom. The van der Waals surface area contributed by atoms with Crippen molar-refractivity contribution in [2.24, 2.45) is 0 Å². The number of aromatic amines is 1. The quantitative estimate of drug-likeness (QED) is 0.917. The molecule has 0 saturated carbocycles. The zero-order valence-electron chi connectivity index (χ0n) is 12.5. The van der Waals surface area contributed by atoms with Crippen LogP contribution >= 0.6 is 0 Å². The molecule has 1 N–H and O–H groups in total. The van der Waals surface area contributed by atoms with Gasteiger partial charge >= 0.3 is 0 Å². The Morgan fingerprint density at radius 2 is 2.14 bits per heavy atom. The predicted molar refractivity (Wildman–Crippen MR) is 82.1 cm³/mol. The lowest BCUT2D eigenvalue weighted by Crippen LogP contribution is -2.49. The van der Waals surface area contributed by atoms with Gasteiger partial charge in [0.2, 0.25) is 11.8 Å². The van der Waals surface area contributed by atoms with E-state index in [2.05, 4.69) is 19.9 Å². The van der Waals surface area contributed by atoms with E-state index in [-0.39, 0.29) is 5.91 Å². The highest BCUT2D eigenvalue weighted by Gasteiger charge is 2.24. The van der Waals surface area contributed by atoms with Crippen LogP contribution in [0.4, 0.5) is 5.95 Å². The van der Waals surface area contributed by atoms with Crippen LogP contribution < -0.4 is 9.64 Å². The van der Waals surface area contributed by atoms with Crippen molar-refractivity contribution in [1.29, 1.82) is 0 Å². The van der Waals surface area contributed by atoms with E-state index in [1.807, 2.05) is 17.9 Å². The maximum absolute atomic E-state index is 12.3.